The van der Waals surface area contributed by atoms with E-state index in [0.717, 1.165) is 89.9 Å². The zero-order valence-electron chi connectivity index (χ0n) is 59.6. The first-order valence-electron chi connectivity index (χ1n) is 37.9. The van der Waals surface area contributed by atoms with Crippen LogP contribution in [0, 0.1) is 0 Å². The van der Waals surface area contributed by atoms with Gasteiger partial charge in [-0.3, -0.25) is 13.8 Å². The highest BCUT2D eigenvalue weighted by Crippen LogP contribution is 2.43. The van der Waals surface area contributed by atoms with Crippen LogP contribution in [0.3, 0.4) is 0 Å². The summed E-state index contributed by atoms with van der Waals surface area (Å²) in [4.78, 5) is 23.5. The fourth-order valence-corrected chi connectivity index (χ4v) is 11.6. The summed E-state index contributed by atoms with van der Waals surface area (Å²) in [5, 5.41) is 14.0. The third-order valence-corrected chi connectivity index (χ3v) is 17.6. The predicted octanol–water partition coefficient (Wildman–Crippen LogP) is 24.8. The molecule has 3 N–H and O–H groups in total. The van der Waals surface area contributed by atoms with E-state index in [-0.39, 0.29) is 19.1 Å². The minimum absolute atomic E-state index is 0.0523. The molecule has 520 valence electrons. The maximum Gasteiger partial charge on any atom is 0.472 e. The van der Waals surface area contributed by atoms with Crippen molar-refractivity contribution >= 4 is 13.7 Å². The summed E-state index contributed by atoms with van der Waals surface area (Å²) >= 11 is 0. The Bertz CT molecular complexity index is 1890. The second-order valence-corrected chi connectivity index (χ2v) is 28.1. The third-order valence-electron chi connectivity index (χ3n) is 16.7. The van der Waals surface area contributed by atoms with Crippen LogP contribution in [0.25, 0.3) is 0 Å². The standard InChI is InChI=1S/C81H145N2O6P/c1-6-8-10-12-14-16-18-20-22-24-26-28-30-32-34-36-37-38-39-40-41-42-43-44-45-47-49-51-53-55-57-59-61-63-65-67-69-71-73-75-81(85)82-79(78-89-90(86,87)88-77-76-83(3,4)5)80(84)74-72-70-68-66-64-62-60-58-56-54-52-50-48-46-35-33-31-29-27-25-23-21-19-17-15-13-11-9-7-2/h8,10,14,16,20,22,26,28,32,34,37-38,40-41,43-44,64,66,72,74,79-80,84H,6-7,9,11-13,15,17-19,21,23-25,27,29-31,33,35-36,39,42,45-63,65,67-71,73,75-78H2,1-5H3,(H-,82,85,86,87)/p+1/b10-8-,16-14-,22-20-,28-26-,34-32-,38-37-,41-40-,44-43-,66-64+,74-72+. The molecular weight excluding hydrogens is 1130 g/mol. The molecule has 0 fully saturated rings. The Morgan fingerprint density at radius 1 is 0.389 bits per heavy atom. The van der Waals surface area contributed by atoms with E-state index < -0.39 is 20.0 Å². The van der Waals surface area contributed by atoms with Gasteiger partial charge in [0.1, 0.15) is 13.2 Å². The van der Waals surface area contributed by atoms with Gasteiger partial charge in [0.25, 0.3) is 0 Å². The Balaban J connectivity index is 4.08. The molecule has 0 aromatic rings. The molecule has 0 aliphatic carbocycles. The lowest BCUT2D eigenvalue weighted by atomic mass is 10.0. The van der Waals surface area contributed by atoms with Crippen molar-refractivity contribution in [3.8, 4) is 0 Å². The molecule has 9 heteroatoms. The lowest BCUT2D eigenvalue weighted by Gasteiger charge is -2.25. The molecule has 0 radical (unpaired) electrons. The molecule has 0 spiro atoms. The molecule has 0 aromatic carbocycles. The van der Waals surface area contributed by atoms with Gasteiger partial charge in [-0.1, -0.05) is 354 Å². The molecule has 3 unspecified atom stereocenters. The largest absolute Gasteiger partial charge is 0.472 e. The Labute approximate surface area is 558 Å². The second kappa shape index (κ2) is 70.2. The lowest BCUT2D eigenvalue weighted by Crippen LogP contribution is -2.45. The molecule has 0 rings (SSSR count). The first-order valence-corrected chi connectivity index (χ1v) is 39.4. The number of quaternary nitrogens is 1. The zero-order valence-corrected chi connectivity index (χ0v) is 60.5. The van der Waals surface area contributed by atoms with Gasteiger partial charge in [-0.2, -0.15) is 0 Å². The predicted molar refractivity (Wildman–Crippen MR) is 396 cm³/mol. The molecule has 0 saturated carbocycles. The van der Waals surface area contributed by atoms with Crippen LogP contribution in [0.2, 0.25) is 0 Å². The maximum atomic E-state index is 13.1. The summed E-state index contributed by atoms with van der Waals surface area (Å²) in [6.45, 7) is 4.71. The Morgan fingerprint density at radius 3 is 1.02 bits per heavy atom. The van der Waals surface area contributed by atoms with Crippen LogP contribution in [-0.2, 0) is 18.4 Å². The number of aliphatic hydroxyl groups excluding tert-OH is 1. The zero-order chi connectivity index (χ0) is 65.5. The third kappa shape index (κ3) is 72.3. The van der Waals surface area contributed by atoms with Crippen molar-refractivity contribution in [3.63, 3.8) is 0 Å². The molecule has 0 aliphatic rings. The minimum atomic E-state index is -4.37. The van der Waals surface area contributed by atoms with Crippen molar-refractivity contribution in [2.45, 2.75) is 347 Å². The summed E-state index contributed by atoms with van der Waals surface area (Å²) in [6.07, 6.45) is 105. The molecule has 0 heterocycles. The number of rotatable bonds is 69. The number of nitrogens with one attached hydrogen (secondary N) is 1. The van der Waals surface area contributed by atoms with E-state index in [1.165, 1.54) is 225 Å². The number of likely N-dealkylation sites (N-methyl/N-ethyl adjacent to an activating group) is 1. The summed E-state index contributed by atoms with van der Waals surface area (Å²) in [5.74, 6) is -0.188. The molecular formula is C81H146N2O6P+. The number of phosphoric acid groups is 1. The number of allylic oxidation sites excluding steroid dienone is 19. The normalized spacial score (nSPS) is 14.3. The van der Waals surface area contributed by atoms with Crippen molar-refractivity contribution < 1.29 is 32.9 Å². The van der Waals surface area contributed by atoms with E-state index in [9.17, 15) is 19.4 Å². The van der Waals surface area contributed by atoms with Gasteiger partial charge in [-0.25, -0.2) is 4.57 Å². The van der Waals surface area contributed by atoms with Crippen LogP contribution in [0.1, 0.15) is 335 Å². The van der Waals surface area contributed by atoms with Gasteiger partial charge in [-0.05, 0) is 96.3 Å². The topological polar surface area (TPSA) is 105 Å². The van der Waals surface area contributed by atoms with Crippen molar-refractivity contribution in [1.29, 1.82) is 0 Å². The van der Waals surface area contributed by atoms with Gasteiger partial charge in [-0.15, -0.1) is 0 Å². The molecule has 0 aromatic heterocycles. The molecule has 0 aliphatic heterocycles. The Kier molecular flexibility index (Phi) is 67.8. The van der Waals surface area contributed by atoms with Crippen molar-refractivity contribution in [1.82, 2.24) is 5.32 Å². The van der Waals surface area contributed by atoms with Crippen LogP contribution in [0.15, 0.2) is 122 Å². The van der Waals surface area contributed by atoms with Crippen LogP contribution >= 0.6 is 7.82 Å². The number of unbranched alkanes of at least 4 members (excludes halogenated alkanes) is 38. The number of aliphatic hydroxyl groups is 1. The Hall–Kier alpha value is -3.10. The molecule has 8 nitrogen and oxygen atoms in total. The fraction of sp³-hybridized carbons (Fsp3) is 0.741. The van der Waals surface area contributed by atoms with E-state index in [1.54, 1.807) is 6.08 Å². The number of carbonyl (C=O) groups is 1. The average molecular weight is 1280 g/mol. The summed E-state index contributed by atoms with van der Waals surface area (Å²) in [5.41, 5.74) is 0. The van der Waals surface area contributed by atoms with E-state index >= 15 is 0 Å². The SMILES string of the molecule is CC/C=C\C/C=C\C/C=C\C/C=C\C/C=C\C/C=C\C/C=C\C/C=C\CCCCCCCCCCCCCCCCC(=O)NC(COP(=O)(O)OCC[N+](C)(C)C)C(O)/C=C/CC/C=C/CCCCCCCCCCCCCCCCCCCCCCCCC. The van der Waals surface area contributed by atoms with Crippen molar-refractivity contribution in [3.05, 3.63) is 122 Å². The van der Waals surface area contributed by atoms with E-state index in [4.69, 9.17) is 9.05 Å². The van der Waals surface area contributed by atoms with Crippen LogP contribution < -0.4 is 5.32 Å². The molecule has 90 heavy (non-hydrogen) atoms. The molecule has 3 atom stereocenters. The van der Waals surface area contributed by atoms with Gasteiger partial charge >= 0.3 is 7.82 Å². The van der Waals surface area contributed by atoms with Crippen LogP contribution in [0.4, 0.5) is 0 Å². The van der Waals surface area contributed by atoms with Gasteiger partial charge in [0.05, 0.1) is 39.9 Å². The van der Waals surface area contributed by atoms with E-state index in [2.05, 4.69) is 129 Å². The minimum Gasteiger partial charge on any atom is -0.387 e. The highest BCUT2D eigenvalue weighted by molar-refractivity contribution is 7.47. The van der Waals surface area contributed by atoms with Gasteiger partial charge < -0.3 is 19.8 Å². The number of hydrogen-bond acceptors (Lipinski definition) is 5. The van der Waals surface area contributed by atoms with Crippen LogP contribution in [0.5, 0.6) is 0 Å². The molecule has 0 bridgehead atoms. The van der Waals surface area contributed by atoms with Gasteiger partial charge in [0.15, 0.2) is 0 Å². The summed E-state index contributed by atoms with van der Waals surface area (Å²) in [6, 6.07) is -0.873. The molecule has 0 saturated heterocycles. The average Bonchev–Trinajstić information content (AvgIpc) is 3.72. The van der Waals surface area contributed by atoms with Crippen molar-refractivity contribution in [2.75, 3.05) is 40.9 Å². The summed E-state index contributed by atoms with van der Waals surface area (Å²) in [7, 11) is 1.55. The number of nitrogens with zero attached hydrogens (tertiary/aromatic N) is 1. The number of phosphoric ester groups is 1. The second-order valence-electron chi connectivity index (χ2n) is 26.6. The lowest BCUT2D eigenvalue weighted by molar-refractivity contribution is -0.870. The van der Waals surface area contributed by atoms with Crippen molar-refractivity contribution in [2.24, 2.45) is 0 Å². The fourth-order valence-electron chi connectivity index (χ4n) is 10.8. The first-order chi connectivity index (χ1) is 44.0. The Morgan fingerprint density at radius 2 is 0.678 bits per heavy atom. The van der Waals surface area contributed by atoms with Gasteiger partial charge in [0.2, 0.25) is 5.91 Å². The van der Waals surface area contributed by atoms with Gasteiger partial charge in [0, 0.05) is 6.42 Å². The number of amides is 1. The molecule has 1 amide bonds. The first kappa shape index (κ1) is 86.9. The van der Waals surface area contributed by atoms with Crippen LogP contribution in [-0.4, -0.2) is 73.4 Å². The number of hydrogen-bond donors (Lipinski definition) is 3. The quantitative estimate of drug-likeness (QED) is 0.0243. The van der Waals surface area contributed by atoms with E-state index in [1.807, 2.05) is 27.2 Å². The highest BCUT2D eigenvalue weighted by Gasteiger charge is 2.28. The number of carbonyl (C=O) groups excluding carboxylic acids is 1. The summed E-state index contributed by atoms with van der Waals surface area (Å²) < 4.78 is 23.8. The monoisotopic (exact) mass is 1270 g/mol. The highest BCUT2D eigenvalue weighted by atomic mass is 31.2. The van der Waals surface area contributed by atoms with E-state index in [0.29, 0.717) is 17.4 Å². The smallest absolute Gasteiger partial charge is 0.387 e. The maximum absolute atomic E-state index is 13.1.